The van der Waals surface area contributed by atoms with E-state index in [0.717, 1.165) is 0 Å². The number of hydrogen-bond acceptors (Lipinski definition) is 3. The van der Waals surface area contributed by atoms with Gasteiger partial charge in [0, 0.05) is 5.02 Å². The minimum Gasteiger partial charge on any atom is -0.389 e. The van der Waals surface area contributed by atoms with Crippen LogP contribution in [0.15, 0.2) is 53.4 Å². The van der Waals surface area contributed by atoms with Crippen molar-refractivity contribution in [1.29, 1.82) is 0 Å². The molecule has 0 saturated heterocycles. The van der Waals surface area contributed by atoms with Crippen LogP contribution >= 0.6 is 11.6 Å². The number of aliphatic hydroxyl groups excluding tert-OH is 1. The smallest absolute Gasteiger partial charge is 0.261 e. The van der Waals surface area contributed by atoms with Crippen molar-refractivity contribution in [3.05, 3.63) is 59.1 Å². The summed E-state index contributed by atoms with van der Waals surface area (Å²) in [6.45, 7) is 1.58. The first kappa shape index (κ1) is 14.8. The average Bonchev–Trinajstić information content (AvgIpc) is 2.38. The molecule has 0 aromatic heterocycles. The van der Waals surface area contributed by atoms with Gasteiger partial charge < -0.3 is 5.11 Å². The first-order chi connectivity index (χ1) is 9.38. The van der Waals surface area contributed by atoms with E-state index < -0.39 is 16.1 Å². The number of hydrogen-bond donors (Lipinski definition) is 2. The number of aliphatic hydroxyl groups is 1. The quantitative estimate of drug-likeness (QED) is 0.911. The van der Waals surface area contributed by atoms with Crippen molar-refractivity contribution in [3.63, 3.8) is 0 Å². The predicted molar refractivity (Wildman–Crippen MR) is 79.3 cm³/mol. The molecule has 0 aliphatic rings. The van der Waals surface area contributed by atoms with Crippen molar-refractivity contribution in [2.24, 2.45) is 0 Å². The van der Waals surface area contributed by atoms with Gasteiger partial charge in [-0.15, -0.1) is 0 Å². The molecule has 0 aliphatic heterocycles. The van der Waals surface area contributed by atoms with Crippen LogP contribution in [-0.4, -0.2) is 13.5 Å². The molecule has 0 aliphatic carbocycles. The largest absolute Gasteiger partial charge is 0.389 e. The van der Waals surface area contributed by atoms with Crippen LogP contribution < -0.4 is 4.72 Å². The van der Waals surface area contributed by atoms with E-state index in [1.165, 1.54) is 18.2 Å². The summed E-state index contributed by atoms with van der Waals surface area (Å²) in [4.78, 5) is 0.0934. The zero-order chi connectivity index (χ0) is 14.8. The van der Waals surface area contributed by atoms with Crippen LogP contribution in [0.25, 0.3) is 0 Å². The Balaban J connectivity index is 2.33. The highest BCUT2D eigenvalue weighted by molar-refractivity contribution is 7.92. The fourth-order valence-corrected chi connectivity index (χ4v) is 3.00. The molecule has 20 heavy (non-hydrogen) atoms. The molecular formula is C14H14ClNO3S. The molecular weight excluding hydrogens is 298 g/mol. The maximum Gasteiger partial charge on any atom is 0.261 e. The molecule has 0 bridgehead atoms. The molecule has 0 heterocycles. The van der Waals surface area contributed by atoms with Gasteiger partial charge in [0.25, 0.3) is 10.0 Å². The molecule has 0 amide bonds. The van der Waals surface area contributed by atoms with Crippen LogP contribution in [0, 0.1) is 0 Å². The highest BCUT2D eigenvalue weighted by Crippen LogP contribution is 2.21. The number of nitrogens with one attached hydrogen (secondary N) is 1. The van der Waals surface area contributed by atoms with Crippen molar-refractivity contribution in [1.82, 2.24) is 0 Å². The lowest BCUT2D eigenvalue weighted by Gasteiger charge is -2.10. The molecule has 2 aromatic carbocycles. The van der Waals surface area contributed by atoms with Crippen LogP contribution in [0.5, 0.6) is 0 Å². The standard InChI is InChI=1S/C14H14ClNO3S/c1-10(17)11-4-2-7-14(8-11)20(18,19)16-13-6-3-5-12(15)9-13/h2-10,16-17H,1H3. The Hall–Kier alpha value is -1.56. The Kier molecular flexibility index (Phi) is 4.32. The third kappa shape index (κ3) is 3.50. The first-order valence-electron chi connectivity index (χ1n) is 5.95. The number of benzene rings is 2. The Morgan fingerprint density at radius 1 is 1.15 bits per heavy atom. The topological polar surface area (TPSA) is 66.4 Å². The number of anilines is 1. The molecule has 0 fully saturated rings. The van der Waals surface area contributed by atoms with Crippen molar-refractivity contribution >= 4 is 27.3 Å². The predicted octanol–water partition coefficient (Wildman–Crippen LogP) is 3.19. The molecule has 1 atom stereocenters. The summed E-state index contributed by atoms with van der Waals surface area (Å²) in [6, 6.07) is 12.6. The normalized spacial score (nSPS) is 12.9. The van der Waals surface area contributed by atoms with E-state index in [-0.39, 0.29) is 4.90 Å². The van der Waals surface area contributed by atoms with E-state index in [2.05, 4.69) is 4.72 Å². The van der Waals surface area contributed by atoms with Gasteiger partial charge in [-0.3, -0.25) is 4.72 Å². The van der Waals surface area contributed by atoms with Gasteiger partial charge in [-0.1, -0.05) is 29.8 Å². The van der Waals surface area contributed by atoms with Crippen LogP contribution in [0.2, 0.25) is 5.02 Å². The molecule has 106 valence electrons. The van der Waals surface area contributed by atoms with E-state index in [0.29, 0.717) is 16.3 Å². The minimum atomic E-state index is -3.71. The van der Waals surface area contributed by atoms with Crippen LogP contribution in [0.4, 0.5) is 5.69 Å². The summed E-state index contributed by atoms with van der Waals surface area (Å²) >= 11 is 5.82. The summed E-state index contributed by atoms with van der Waals surface area (Å²) in [6.07, 6.45) is -0.726. The van der Waals surface area contributed by atoms with Gasteiger partial charge in [-0.25, -0.2) is 8.42 Å². The number of halogens is 1. The summed E-state index contributed by atoms with van der Waals surface area (Å²) in [5, 5.41) is 9.95. The fourth-order valence-electron chi connectivity index (χ4n) is 1.71. The molecule has 1 unspecified atom stereocenters. The third-order valence-electron chi connectivity index (χ3n) is 2.73. The molecule has 2 aromatic rings. The maximum absolute atomic E-state index is 12.3. The van der Waals surface area contributed by atoms with E-state index in [9.17, 15) is 13.5 Å². The second kappa shape index (κ2) is 5.83. The highest BCUT2D eigenvalue weighted by Gasteiger charge is 2.15. The lowest BCUT2D eigenvalue weighted by Crippen LogP contribution is -2.13. The van der Waals surface area contributed by atoms with Crippen molar-refractivity contribution in [2.75, 3.05) is 4.72 Å². The van der Waals surface area contributed by atoms with Crippen molar-refractivity contribution < 1.29 is 13.5 Å². The van der Waals surface area contributed by atoms with Crippen LogP contribution in [0.1, 0.15) is 18.6 Å². The number of sulfonamides is 1. The minimum absolute atomic E-state index is 0.0934. The van der Waals surface area contributed by atoms with Gasteiger partial charge >= 0.3 is 0 Å². The van der Waals surface area contributed by atoms with E-state index in [1.54, 1.807) is 37.3 Å². The fraction of sp³-hybridized carbons (Fsp3) is 0.143. The molecule has 2 rings (SSSR count). The Morgan fingerprint density at radius 2 is 1.85 bits per heavy atom. The third-order valence-corrected chi connectivity index (χ3v) is 4.34. The number of rotatable bonds is 4. The van der Waals surface area contributed by atoms with Crippen molar-refractivity contribution in [2.45, 2.75) is 17.9 Å². The highest BCUT2D eigenvalue weighted by atomic mass is 35.5. The zero-order valence-corrected chi connectivity index (χ0v) is 12.3. The average molecular weight is 312 g/mol. The van der Waals surface area contributed by atoms with Crippen LogP contribution in [0.3, 0.4) is 0 Å². The molecule has 6 heteroatoms. The van der Waals surface area contributed by atoms with Crippen molar-refractivity contribution in [3.8, 4) is 0 Å². The van der Waals surface area contributed by atoms with Gasteiger partial charge in [0.1, 0.15) is 0 Å². The molecule has 0 saturated carbocycles. The van der Waals surface area contributed by atoms with Gasteiger partial charge in [0.05, 0.1) is 16.7 Å². The van der Waals surface area contributed by atoms with Gasteiger partial charge in [0.2, 0.25) is 0 Å². The molecule has 0 spiro atoms. The summed E-state index contributed by atoms with van der Waals surface area (Å²) in [5.74, 6) is 0. The lowest BCUT2D eigenvalue weighted by atomic mass is 10.1. The first-order valence-corrected chi connectivity index (χ1v) is 7.81. The second-order valence-electron chi connectivity index (χ2n) is 4.36. The Morgan fingerprint density at radius 3 is 2.50 bits per heavy atom. The maximum atomic E-state index is 12.3. The van der Waals surface area contributed by atoms with Gasteiger partial charge in [-0.2, -0.15) is 0 Å². The Labute approximate surface area is 123 Å². The molecule has 4 nitrogen and oxygen atoms in total. The van der Waals surface area contributed by atoms with E-state index in [1.807, 2.05) is 0 Å². The molecule has 0 radical (unpaired) electrons. The Bertz CT molecular complexity index is 714. The molecule has 2 N–H and O–H groups in total. The van der Waals surface area contributed by atoms with E-state index >= 15 is 0 Å². The SMILES string of the molecule is CC(O)c1cccc(S(=O)(=O)Nc2cccc(Cl)c2)c1. The monoisotopic (exact) mass is 311 g/mol. The van der Waals surface area contributed by atoms with Gasteiger partial charge in [-0.05, 0) is 42.8 Å². The van der Waals surface area contributed by atoms with Crippen LogP contribution in [-0.2, 0) is 10.0 Å². The van der Waals surface area contributed by atoms with Gasteiger partial charge in [0.15, 0.2) is 0 Å². The zero-order valence-electron chi connectivity index (χ0n) is 10.7. The lowest BCUT2D eigenvalue weighted by molar-refractivity contribution is 0.199. The summed E-state index contributed by atoms with van der Waals surface area (Å²) in [5.41, 5.74) is 0.930. The second-order valence-corrected chi connectivity index (χ2v) is 6.48. The van der Waals surface area contributed by atoms with E-state index in [4.69, 9.17) is 11.6 Å². The summed E-state index contributed by atoms with van der Waals surface area (Å²) in [7, 11) is -3.71. The summed E-state index contributed by atoms with van der Waals surface area (Å²) < 4.78 is 27.0.